The van der Waals surface area contributed by atoms with Gasteiger partial charge in [0.25, 0.3) is 5.91 Å². The number of ketones is 1. The molecule has 23 heavy (non-hydrogen) atoms. The SMILES string of the molecule is CC1CC(=O)CC(C)N1C(=O)COc1ccc(C(F)(F)F)cc1. The number of Topliss-reactive ketones (excluding diaryl/α,β-unsaturated/α-hetero) is 1. The van der Waals surface area contributed by atoms with Gasteiger partial charge >= 0.3 is 6.18 Å². The highest BCUT2D eigenvalue weighted by Gasteiger charge is 2.33. The van der Waals surface area contributed by atoms with Crippen molar-refractivity contribution in [2.45, 2.75) is 44.9 Å². The van der Waals surface area contributed by atoms with Crippen LogP contribution in [0.25, 0.3) is 0 Å². The van der Waals surface area contributed by atoms with Crippen LogP contribution in [-0.4, -0.2) is 35.3 Å². The summed E-state index contributed by atoms with van der Waals surface area (Å²) in [5.41, 5.74) is -0.770. The summed E-state index contributed by atoms with van der Waals surface area (Å²) in [7, 11) is 0. The highest BCUT2D eigenvalue weighted by atomic mass is 19.4. The number of piperidine rings is 1. The Hall–Kier alpha value is -2.05. The van der Waals surface area contributed by atoms with Crippen LogP contribution in [0.3, 0.4) is 0 Å². The predicted molar refractivity (Wildman–Crippen MR) is 77.0 cm³/mol. The van der Waals surface area contributed by atoms with Crippen LogP contribution >= 0.6 is 0 Å². The van der Waals surface area contributed by atoms with Crippen molar-refractivity contribution in [2.75, 3.05) is 6.61 Å². The summed E-state index contributed by atoms with van der Waals surface area (Å²) < 4.78 is 42.7. The van der Waals surface area contributed by atoms with Gasteiger partial charge in [-0.15, -0.1) is 0 Å². The van der Waals surface area contributed by atoms with Gasteiger partial charge in [-0.25, -0.2) is 0 Å². The second-order valence-electron chi connectivity index (χ2n) is 5.76. The van der Waals surface area contributed by atoms with Gasteiger partial charge in [0.05, 0.1) is 5.56 Å². The lowest BCUT2D eigenvalue weighted by Crippen LogP contribution is -2.51. The van der Waals surface area contributed by atoms with E-state index in [1.165, 1.54) is 12.1 Å². The first-order valence-corrected chi connectivity index (χ1v) is 7.31. The molecule has 0 aliphatic carbocycles. The Labute approximate surface area is 132 Å². The lowest BCUT2D eigenvalue weighted by atomic mass is 9.96. The van der Waals surface area contributed by atoms with Gasteiger partial charge in [-0.3, -0.25) is 9.59 Å². The number of rotatable bonds is 3. The van der Waals surface area contributed by atoms with E-state index in [0.717, 1.165) is 12.1 Å². The molecule has 1 aliphatic heterocycles. The summed E-state index contributed by atoms with van der Waals surface area (Å²) in [5, 5.41) is 0. The van der Waals surface area contributed by atoms with Gasteiger partial charge in [0.1, 0.15) is 11.5 Å². The minimum absolute atomic E-state index is 0.123. The maximum absolute atomic E-state index is 12.5. The van der Waals surface area contributed by atoms with E-state index in [2.05, 4.69) is 0 Å². The van der Waals surface area contributed by atoms with Gasteiger partial charge in [0.2, 0.25) is 0 Å². The monoisotopic (exact) mass is 329 g/mol. The summed E-state index contributed by atoms with van der Waals surface area (Å²) >= 11 is 0. The second kappa shape index (κ2) is 6.60. The molecule has 7 heteroatoms. The third kappa shape index (κ3) is 4.24. The van der Waals surface area contributed by atoms with E-state index in [0.29, 0.717) is 12.8 Å². The first-order chi connectivity index (χ1) is 10.7. The first kappa shape index (κ1) is 17.3. The molecular weight excluding hydrogens is 311 g/mol. The van der Waals surface area contributed by atoms with Crippen molar-refractivity contribution in [3.05, 3.63) is 29.8 Å². The van der Waals surface area contributed by atoms with E-state index >= 15 is 0 Å². The molecule has 2 rings (SSSR count). The summed E-state index contributed by atoms with van der Waals surface area (Å²) in [6.45, 7) is 3.32. The second-order valence-corrected chi connectivity index (χ2v) is 5.76. The zero-order valence-corrected chi connectivity index (χ0v) is 12.9. The van der Waals surface area contributed by atoms with Crippen LogP contribution in [-0.2, 0) is 15.8 Å². The molecule has 1 aromatic carbocycles. The van der Waals surface area contributed by atoms with Gasteiger partial charge in [-0.2, -0.15) is 13.2 Å². The zero-order chi connectivity index (χ0) is 17.2. The molecule has 4 nitrogen and oxygen atoms in total. The van der Waals surface area contributed by atoms with E-state index in [-0.39, 0.29) is 36.1 Å². The predicted octanol–water partition coefficient (Wildman–Crippen LogP) is 3.05. The van der Waals surface area contributed by atoms with Gasteiger partial charge in [-0.05, 0) is 38.1 Å². The lowest BCUT2D eigenvalue weighted by Gasteiger charge is -2.38. The van der Waals surface area contributed by atoms with E-state index in [9.17, 15) is 22.8 Å². The molecule has 1 saturated heterocycles. The van der Waals surface area contributed by atoms with E-state index < -0.39 is 11.7 Å². The molecule has 0 bridgehead atoms. The van der Waals surface area contributed by atoms with Gasteiger partial charge in [-0.1, -0.05) is 0 Å². The van der Waals surface area contributed by atoms with Crippen LogP contribution in [0.15, 0.2) is 24.3 Å². The molecule has 0 radical (unpaired) electrons. The molecule has 2 atom stereocenters. The van der Waals surface area contributed by atoms with E-state index in [4.69, 9.17) is 4.74 Å². The summed E-state index contributed by atoms with van der Waals surface area (Å²) in [6, 6.07) is 3.78. The average molecular weight is 329 g/mol. The van der Waals surface area contributed by atoms with Crippen LogP contribution in [0.4, 0.5) is 13.2 Å². The highest BCUT2D eigenvalue weighted by molar-refractivity contribution is 5.85. The molecular formula is C16H18F3NO3. The average Bonchev–Trinajstić information content (AvgIpc) is 2.43. The van der Waals surface area contributed by atoms with Crippen molar-refractivity contribution in [2.24, 2.45) is 0 Å². The summed E-state index contributed by atoms with van der Waals surface area (Å²) in [5.74, 6) is 0.0369. The van der Waals surface area contributed by atoms with E-state index in [1.807, 2.05) is 0 Å². The summed E-state index contributed by atoms with van der Waals surface area (Å²) in [4.78, 5) is 25.3. The Balaban J connectivity index is 1.95. The van der Waals surface area contributed by atoms with Gasteiger partial charge < -0.3 is 9.64 Å². The number of nitrogens with zero attached hydrogens (tertiary/aromatic N) is 1. The van der Waals surface area contributed by atoms with Crippen molar-refractivity contribution in [3.8, 4) is 5.75 Å². The Bertz CT molecular complexity index is 569. The largest absolute Gasteiger partial charge is 0.484 e. The quantitative estimate of drug-likeness (QED) is 0.856. The van der Waals surface area contributed by atoms with Crippen LogP contribution in [0.2, 0.25) is 0 Å². The van der Waals surface area contributed by atoms with E-state index in [1.54, 1.807) is 18.7 Å². The number of hydrogen-bond donors (Lipinski definition) is 0. The number of likely N-dealkylation sites (tertiary alicyclic amines) is 1. The molecule has 2 unspecified atom stereocenters. The van der Waals surface area contributed by atoms with Gasteiger partial charge in [0.15, 0.2) is 6.61 Å². The fraction of sp³-hybridized carbons (Fsp3) is 0.500. The zero-order valence-electron chi connectivity index (χ0n) is 12.9. The maximum atomic E-state index is 12.5. The Morgan fingerprint density at radius 3 is 2.17 bits per heavy atom. The van der Waals surface area contributed by atoms with Crippen LogP contribution in [0.5, 0.6) is 5.75 Å². The molecule has 1 fully saturated rings. The first-order valence-electron chi connectivity index (χ1n) is 7.31. The molecule has 1 aromatic rings. The number of ether oxygens (including phenoxy) is 1. The van der Waals surface area contributed by atoms with Crippen molar-refractivity contribution < 1.29 is 27.5 Å². The normalized spacial score (nSPS) is 22.1. The topological polar surface area (TPSA) is 46.6 Å². The minimum Gasteiger partial charge on any atom is -0.484 e. The molecule has 1 amide bonds. The summed E-state index contributed by atoms with van der Waals surface area (Å²) in [6.07, 6.45) is -3.77. The fourth-order valence-corrected chi connectivity index (χ4v) is 2.82. The number of halogens is 3. The lowest BCUT2D eigenvalue weighted by molar-refractivity contribution is -0.143. The molecule has 0 saturated carbocycles. The van der Waals surface area contributed by atoms with Crippen molar-refractivity contribution >= 4 is 11.7 Å². The molecule has 0 N–H and O–H groups in total. The molecule has 0 aromatic heterocycles. The van der Waals surface area contributed by atoms with Crippen molar-refractivity contribution in [3.63, 3.8) is 0 Å². The maximum Gasteiger partial charge on any atom is 0.416 e. The number of alkyl halides is 3. The Kier molecular flexibility index (Phi) is 4.97. The number of carbonyl (C=O) groups excluding carboxylic acids is 2. The third-order valence-corrected chi connectivity index (χ3v) is 3.83. The molecule has 0 spiro atoms. The minimum atomic E-state index is -4.40. The smallest absolute Gasteiger partial charge is 0.416 e. The number of benzene rings is 1. The van der Waals surface area contributed by atoms with Crippen LogP contribution in [0, 0.1) is 0 Å². The highest BCUT2D eigenvalue weighted by Crippen LogP contribution is 2.30. The Morgan fingerprint density at radius 1 is 1.17 bits per heavy atom. The van der Waals surface area contributed by atoms with Crippen LogP contribution in [0.1, 0.15) is 32.3 Å². The van der Waals surface area contributed by atoms with Crippen molar-refractivity contribution in [1.82, 2.24) is 4.90 Å². The number of amides is 1. The molecule has 1 heterocycles. The number of hydrogen-bond acceptors (Lipinski definition) is 3. The third-order valence-electron chi connectivity index (χ3n) is 3.83. The standard InChI is InChI=1S/C16H18F3NO3/c1-10-7-13(21)8-11(2)20(10)15(22)9-23-14-5-3-12(4-6-14)16(17,18)19/h3-6,10-11H,7-9H2,1-2H3. The van der Waals surface area contributed by atoms with Gasteiger partial charge in [0, 0.05) is 24.9 Å². The van der Waals surface area contributed by atoms with Crippen LogP contribution < -0.4 is 4.74 Å². The molecule has 126 valence electrons. The Morgan fingerprint density at radius 2 is 1.70 bits per heavy atom. The molecule has 1 aliphatic rings. The number of carbonyl (C=O) groups is 2. The van der Waals surface area contributed by atoms with Crippen molar-refractivity contribution in [1.29, 1.82) is 0 Å². The fourth-order valence-electron chi connectivity index (χ4n) is 2.82.